The molecule has 1 aliphatic rings. The lowest BCUT2D eigenvalue weighted by Gasteiger charge is -2.14. The van der Waals surface area contributed by atoms with E-state index < -0.39 is 17.9 Å². The molecule has 0 saturated carbocycles. The number of hydrogen-bond acceptors (Lipinski definition) is 4. The van der Waals surface area contributed by atoms with Gasteiger partial charge in [0.1, 0.15) is 5.94 Å². The van der Waals surface area contributed by atoms with E-state index in [-0.39, 0.29) is 0 Å². The van der Waals surface area contributed by atoms with E-state index in [1.807, 2.05) is 0 Å². The third-order valence-electron chi connectivity index (χ3n) is 1.37. The van der Waals surface area contributed by atoms with Crippen LogP contribution in [0.5, 0.6) is 0 Å². The molecule has 4 heteroatoms. The van der Waals surface area contributed by atoms with E-state index in [1.54, 1.807) is 6.92 Å². The molecule has 0 N–H and O–H groups in total. The van der Waals surface area contributed by atoms with Gasteiger partial charge in [-0.15, -0.1) is 0 Å². The Labute approximate surface area is 63.8 Å². The van der Waals surface area contributed by atoms with Crippen LogP contribution in [0.4, 0.5) is 0 Å². The fourth-order valence-electron chi connectivity index (χ4n) is 0.876. The molecule has 0 radical (unpaired) electrons. The molecule has 0 aliphatic carbocycles. The highest BCUT2D eigenvalue weighted by Gasteiger charge is 2.40. The second-order valence-corrected chi connectivity index (χ2v) is 2.46. The van der Waals surface area contributed by atoms with E-state index in [2.05, 4.69) is 0 Å². The number of hydrogen-bond donors (Lipinski definition) is 0. The first-order valence-electron chi connectivity index (χ1n) is 3.20. The lowest BCUT2D eigenvalue weighted by atomic mass is 10.3. The Morgan fingerprint density at radius 2 is 2.36 bits per heavy atom. The SMILES string of the molecule is CC1OC(C)(C=C=O)OC1=O. The van der Waals surface area contributed by atoms with Crippen LogP contribution in [0.15, 0.2) is 6.08 Å². The highest BCUT2D eigenvalue weighted by Crippen LogP contribution is 2.24. The van der Waals surface area contributed by atoms with Gasteiger partial charge in [0.05, 0.1) is 6.08 Å². The number of cyclic esters (lactones) is 1. The summed E-state index contributed by atoms with van der Waals surface area (Å²) in [7, 11) is 0. The van der Waals surface area contributed by atoms with Crippen LogP contribution in [0.1, 0.15) is 13.8 Å². The van der Waals surface area contributed by atoms with Crippen LogP contribution in [-0.4, -0.2) is 23.8 Å². The summed E-state index contributed by atoms with van der Waals surface area (Å²) in [5.74, 6) is -0.155. The lowest BCUT2D eigenvalue weighted by Crippen LogP contribution is -2.23. The maximum absolute atomic E-state index is 10.8. The second-order valence-electron chi connectivity index (χ2n) is 2.46. The number of rotatable bonds is 1. The van der Waals surface area contributed by atoms with Crippen molar-refractivity contribution < 1.29 is 19.1 Å². The Bertz CT molecular complexity index is 229. The van der Waals surface area contributed by atoms with Gasteiger partial charge in [-0.05, 0) is 6.92 Å². The van der Waals surface area contributed by atoms with Gasteiger partial charge in [-0.2, -0.15) is 0 Å². The van der Waals surface area contributed by atoms with Crippen LogP contribution in [-0.2, 0) is 19.1 Å². The fourth-order valence-corrected chi connectivity index (χ4v) is 0.876. The third-order valence-corrected chi connectivity index (χ3v) is 1.37. The molecule has 11 heavy (non-hydrogen) atoms. The summed E-state index contributed by atoms with van der Waals surface area (Å²) in [6, 6.07) is 0. The van der Waals surface area contributed by atoms with E-state index in [0.29, 0.717) is 0 Å². The first-order chi connectivity index (χ1) is 5.07. The van der Waals surface area contributed by atoms with Crippen LogP contribution in [0.3, 0.4) is 0 Å². The number of ether oxygens (including phenoxy) is 2. The summed E-state index contributed by atoms with van der Waals surface area (Å²) in [6.07, 6.45) is 0.429. The zero-order valence-electron chi connectivity index (χ0n) is 6.29. The van der Waals surface area contributed by atoms with Gasteiger partial charge in [-0.1, -0.05) is 0 Å². The summed E-state index contributed by atoms with van der Waals surface area (Å²) in [5, 5.41) is 0. The first-order valence-corrected chi connectivity index (χ1v) is 3.20. The molecule has 60 valence electrons. The largest absolute Gasteiger partial charge is 0.427 e. The summed E-state index contributed by atoms with van der Waals surface area (Å²) in [4.78, 5) is 20.7. The van der Waals surface area contributed by atoms with Gasteiger partial charge in [-0.25, -0.2) is 9.59 Å². The third kappa shape index (κ3) is 1.48. The fraction of sp³-hybridized carbons (Fsp3) is 0.571. The van der Waals surface area contributed by atoms with Crippen molar-refractivity contribution in [1.82, 2.24) is 0 Å². The first kappa shape index (κ1) is 7.98. The quantitative estimate of drug-likeness (QED) is 0.397. The molecule has 2 atom stereocenters. The molecule has 2 unspecified atom stereocenters. The summed E-state index contributed by atoms with van der Waals surface area (Å²) < 4.78 is 9.73. The molecule has 4 nitrogen and oxygen atoms in total. The van der Waals surface area contributed by atoms with Gasteiger partial charge in [-0.3, -0.25) is 0 Å². The number of esters is 1. The number of carbonyl (C=O) groups excluding carboxylic acids is 2. The molecule has 1 fully saturated rings. The van der Waals surface area contributed by atoms with Crippen molar-refractivity contribution >= 4 is 11.9 Å². The van der Waals surface area contributed by atoms with E-state index >= 15 is 0 Å². The summed E-state index contributed by atoms with van der Waals surface area (Å²) in [6.45, 7) is 3.05. The van der Waals surface area contributed by atoms with Gasteiger partial charge in [0, 0.05) is 6.92 Å². The second kappa shape index (κ2) is 2.49. The highest BCUT2D eigenvalue weighted by atomic mass is 16.8. The molecule has 1 saturated heterocycles. The van der Waals surface area contributed by atoms with Crippen LogP contribution in [0.2, 0.25) is 0 Å². The molecular weight excluding hydrogens is 148 g/mol. The zero-order chi connectivity index (χ0) is 8.48. The molecule has 1 heterocycles. The van der Waals surface area contributed by atoms with Crippen LogP contribution >= 0.6 is 0 Å². The van der Waals surface area contributed by atoms with Crippen molar-refractivity contribution in [3.8, 4) is 0 Å². The molecular formula is C7H8O4. The van der Waals surface area contributed by atoms with Gasteiger partial charge < -0.3 is 9.47 Å². The lowest BCUT2D eigenvalue weighted by molar-refractivity contribution is -0.152. The zero-order valence-corrected chi connectivity index (χ0v) is 6.29. The smallest absolute Gasteiger partial charge is 0.337 e. The Morgan fingerprint density at radius 1 is 1.73 bits per heavy atom. The van der Waals surface area contributed by atoms with Crippen molar-refractivity contribution in [3.63, 3.8) is 0 Å². The average Bonchev–Trinajstić information content (AvgIpc) is 2.08. The predicted molar refractivity (Wildman–Crippen MR) is 35.3 cm³/mol. The number of carbonyl (C=O) groups is 1. The normalized spacial score (nSPS) is 36.2. The van der Waals surface area contributed by atoms with E-state index in [1.165, 1.54) is 12.9 Å². The van der Waals surface area contributed by atoms with Gasteiger partial charge >= 0.3 is 5.97 Å². The Morgan fingerprint density at radius 3 is 2.73 bits per heavy atom. The van der Waals surface area contributed by atoms with Gasteiger partial charge in [0.2, 0.25) is 5.79 Å². The maximum atomic E-state index is 10.8. The minimum absolute atomic E-state index is 0.459. The van der Waals surface area contributed by atoms with Crippen LogP contribution < -0.4 is 0 Å². The molecule has 1 rings (SSSR count). The molecule has 0 amide bonds. The van der Waals surface area contributed by atoms with Crippen molar-refractivity contribution in [2.24, 2.45) is 0 Å². The topological polar surface area (TPSA) is 52.6 Å². The maximum Gasteiger partial charge on any atom is 0.337 e. The standard InChI is InChI=1S/C7H8O4/c1-5-6(9)11-7(2,10-5)3-4-8/h3,5H,1-2H3. The van der Waals surface area contributed by atoms with Crippen LogP contribution in [0.25, 0.3) is 0 Å². The highest BCUT2D eigenvalue weighted by molar-refractivity contribution is 5.76. The Balaban J connectivity index is 2.79. The molecule has 0 aromatic rings. The van der Waals surface area contributed by atoms with Crippen molar-refractivity contribution in [1.29, 1.82) is 0 Å². The molecule has 0 bridgehead atoms. The van der Waals surface area contributed by atoms with E-state index in [4.69, 9.17) is 9.47 Å². The van der Waals surface area contributed by atoms with E-state index in [0.717, 1.165) is 6.08 Å². The minimum Gasteiger partial charge on any atom is -0.427 e. The van der Waals surface area contributed by atoms with Crippen molar-refractivity contribution in [2.75, 3.05) is 0 Å². The van der Waals surface area contributed by atoms with E-state index in [9.17, 15) is 9.59 Å². The Hall–Kier alpha value is -1.12. The Kier molecular flexibility index (Phi) is 1.81. The predicted octanol–water partition coefficient (Wildman–Crippen LogP) is 0.0523. The van der Waals surface area contributed by atoms with Gasteiger partial charge in [0.15, 0.2) is 6.10 Å². The van der Waals surface area contributed by atoms with Crippen LogP contribution in [0, 0.1) is 0 Å². The van der Waals surface area contributed by atoms with Crippen molar-refractivity contribution in [2.45, 2.75) is 25.7 Å². The molecule has 1 aliphatic heterocycles. The summed E-state index contributed by atoms with van der Waals surface area (Å²) >= 11 is 0. The molecule has 0 spiro atoms. The monoisotopic (exact) mass is 156 g/mol. The minimum atomic E-state index is -1.21. The average molecular weight is 156 g/mol. The van der Waals surface area contributed by atoms with Gasteiger partial charge in [0.25, 0.3) is 0 Å². The molecule has 0 aromatic heterocycles. The summed E-state index contributed by atoms with van der Waals surface area (Å²) in [5.41, 5.74) is 0. The van der Waals surface area contributed by atoms with Crippen molar-refractivity contribution in [3.05, 3.63) is 6.08 Å². The molecule has 0 aromatic carbocycles.